The summed E-state index contributed by atoms with van der Waals surface area (Å²) in [5.74, 6) is 1.40. The first-order valence-corrected chi connectivity index (χ1v) is 9.29. The molecule has 0 saturated carbocycles. The summed E-state index contributed by atoms with van der Waals surface area (Å²) in [6.45, 7) is 5.79. The maximum atomic E-state index is 12.0. The van der Waals surface area contributed by atoms with E-state index in [0.29, 0.717) is 11.1 Å². The van der Waals surface area contributed by atoms with Crippen molar-refractivity contribution >= 4 is 10.8 Å². The first-order valence-electron chi connectivity index (χ1n) is 9.29. The van der Waals surface area contributed by atoms with E-state index in [0.717, 1.165) is 47.5 Å². The van der Waals surface area contributed by atoms with Crippen molar-refractivity contribution in [1.82, 2.24) is 15.1 Å². The normalized spacial score (nSPS) is 11.6. The van der Waals surface area contributed by atoms with Crippen LogP contribution < -0.4 is 10.3 Å². The fourth-order valence-corrected chi connectivity index (χ4v) is 3.27. The number of hydrogen-bond acceptors (Lipinski definition) is 5. The van der Waals surface area contributed by atoms with E-state index >= 15 is 0 Å². The van der Waals surface area contributed by atoms with Crippen LogP contribution in [-0.2, 0) is 6.54 Å². The molecule has 1 aliphatic heterocycles. The van der Waals surface area contributed by atoms with Crippen LogP contribution in [0.1, 0.15) is 25.8 Å². The van der Waals surface area contributed by atoms with Crippen LogP contribution in [0, 0.1) is 0 Å². The zero-order valence-electron chi connectivity index (χ0n) is 16.0. The number of hydrogen-bond donors (Lipinski definition) is 2. The van der Waals surface area contributed by atoms with Gasteiger partial charge >= 0.3 is 0 Å². The highest BCUT2D eigenvalue weighted by Crippen LogP contribution is 2.44. The number of aromatic amines is 1. The average molecular weight is 367 g/mol. The summed E-state index contributed by atoms with van der Waals surface area (Å²) in [6.07, 6.45) is 0.750. The van der Waals surface area contributed by atoms with Gasteiger partial charge < -0.3 is 14.7 Å². The molecule has 1 aromatic heterocycles. The van der Waals surface area contributed by atoms with Gasteiger partial charge in [0.15, 0.2) is 0 Å². The molecule has 6 heteroatoms. The van der Waals surface area contributed by atoms with Gasteiger partial charge in [-0.05, 0) is 43.3 Å². The smallest absolute Gasteiger partial charge is 0.272 e. The third kappa shape index (κ3) is 3.72. The summed E-state index contributed by atoms with van der Waals surface area (Å²) < 4.78 is 5.99. The Kier molecular flexibility index (Phi) is 5.88. The molecule has 4 rings (SSSR count). The molecule has 2 aromatic carbocycles. The van der Waals surface area contributed by atoms with Crippen molar-refractivity contribution in [2.75, 3.05) is 20.2 Å². The number of aliphatic hydroxyl groups excluding tert-OH is 1. The highest BCUT2D eigenvalue weighted by atomic mass is 16.5. The molecule has 0 atom stereocenters. The fraction of sp³-hybridized carbons (Fsp3) is 0.333. The summed E-state index contributed by atoms with van der Waals surface area (Å²) in [5.41, 5.74) is 2.54. The third-order valence-corrected chi connectivity index (χ3v) is 4.45. The average Bonchev–Trinajstić information content (AvgIpc) is 2.70. The molecular formula is C21H25N3O3. The van der Waals surface area contributed by atoms with Gasteiger partial charge in [-0.3, -0.25) is 4.79 Å². The Labute approximate surface area is 158 Å². The molecule has 0 spiro atoms. The van der Waals surface area contributed by atoms with Gasteiger partial charge in [0, 0.05) is 25.3 Å². The number of nitrogens with one attached hydrogen (secondary N) is 1. The van der Waals surface area contributed by atoms with Gasteiger partial charge in [0.2, 0.25) is 0 Å². The van der Waals surface area contributed by atoms with E-state index in [2.05, 4.69) is 21.2 Å². The molecule has 0 bridgehead atoms. The number of aliphatic hydroxyl groups is 1. The second kappa shape index (κ2) is 8.33. The highest BCUT2D eigenvalue weighted by Gasteiger charge is 2.23. The molecule has 27 heavy (non-hydrogen) atoms. The van der Waals surface area contributed by atoms with Crippen LogP contribution in [0.4, 0.5) is 0 Å². The molecule has 0 fully saturated rings. The molecule has 1 aliphatic rings. The van der Waals surface area contributed by atoms with Crippen LogP contribution in [0.25, 0.3) is 22.0 Å². The van der Waals surface area contributed by atoms with Gasteiger partial charge in [0.05, 0.1) is 10.8 Å². The van der Waals surface area contributed by atoms with Crippen molar-refractivity contribution in [1.29, 1.82) is 0 Å². The molecule has 0 unspecified atom stereocenters. The molecule has 0 radical (unpaired) electrons. The summed E-state index contributed by atoms with van der Waals surface area (Å²) >= 11 is 0. The zero-order chi connectivity index (χ0) is 19.4. The Morgan fingerprint density at radius 2 is 2.00 bits per heavy atom. The topological polar surface area (TPSA) is 78.5 Å². The van der Waals surface area contributed by atoms with E-state index in [4.69, 9.17) is 9.84 Å². The molecule has 2 heterocycles. The predicted octanol–water partition coefficient (Wildman–Crippen LogP) is 3.54. The highest BCUT2D eigenvalue weighted by molar-refractivity contribution is 6.01. The molecule has 2 N–H and O–H groups in total. The number of aromatic nitrogens is 2. The van der Waals surface area contributed by atoms with Gasteiger partial charge in [-0.2, -0.15) is 5.10 Å². The van der Waals surface area contributed by atoms with Crippen LogP contribution in [0.15, 0.2) is 41.2 Å². The summed E-state index contributed by atoms with van der Waals surface area (Å²) in [7, 11) is 2.03. The van der Waals surface area contributed by atoms with Crippen molar-refractivity contribution < 1.29 is 9.84 Å². The monoisotopic (exact) mass is 367 g/mol. The Bertz CT molecular complexity index is 998. The Morgan fingerprint density at radius 1 is 1.19 bits per heavy atom. The number of ether oxygens (including phenoxy) is 1. The van der Waals surface area contributed by atoms with Crippen molar-refractivity contribution in [2.24, 2.45) is 0 Å². The number of H-pyrrole nitrogens is 1. The lowest BCUT2D eigenvalue weighted by molar-refractivity contribution is 0.244. The Morgan fingerprint density at radius 3 is 2.78 bits per heavy atom. The van der Waals surface area contributed by atoms with Gasteiger partial charge in [-0.15, -0.1) is 0 Å². The lowest BCUT2D eigenvalue weighted by Crippen LogP contribution is -2.20. The maximum Gasteiger partial charge on any atom is 0.272 e. The standard InChI is InChI=1S/C19H19N3O3.C2H6/c1-22(8-3-9-23)11-12-6-7-15-14(10-12)18-17-13(19(24)21-20-18)4-2-5-16(17)25-15;1-2/h2,4-7,10,23H,3,8-9,11H2,1H3,(H,21,24);1-2H3. The first kappa shape index (κ1) is 19.1. The van der Waals surface area contributed by atoms with Crippen LogP contribution in [-0.4, -0.2) is 40.4 Å². The van der Waals surface area contributed by atoms with E-state index in [1.54, 1.807) is 6.07 Å². The number of benzene rings is 2. The van der Waals surface area contributed by atoms with E-state index in [1.165, 1.54) is 0 Å². The largest absolute Gasteiger partial charge is 0.456 e. The van der Waals surface area contributed by atoms with Gasteiger partial charge in [0.1, 0.15) is 17.2 Å². The molecule has 142 valence electrons. The second-order valence-electron chi connectivity index (χ2n) is 6.33. The molecule has 3 aromatic rings. The number of rotatable bonds is 5. The van der Waals surface area contributed by atoms with Crippen LogP contribution in [0.5, 0.6) is 11.5 Å². The maximum absolute atomic E-state index is 12.0. The van der Waals surface area contributed by atoms with E-state index in [1.807, 2.05) is 45.2 Å². The van der Waals surface area contributed by atoms with Crippen LogP contribution in [0.2, 0.25) is 0 Å². The Balaban J connectivity index is 0.00000102. The molecular weight excluding hydrogens is 342 g/mol. The summed E-state index contributed by atoms with van der Waals surface area (Å²) in [4.78, 5) is 14.2. The minimum absolute atomic E-state index is 0.193. The van der Waals surface area contributed by atoms with Crippen molar-refractivity contribution in [3.63, 3.8) is 0 Å². The first-order chi connectivity index (χ1) is 13.2. The van der Waals surface area contributed by atoms with Crippen LogP contribution >= 0.6 is 0 Å². The minimum atomic E-state index is -0.215. The van der Waals surface area contributed by atoms with Crippen molar-refractivity contribution in [3.8, 4) is 22.8 Å². The van der Waals surface area contributed by atoms with Crippen LogP contribution in [0.3, 0.4) is 0 Å². The summed E-state index contributed by atoms with van der Waals surface area (Å²) in [6, 6.07) is 11.5. The molecule has 0 saturated heterocycles. The lowest BCUT2D eigenvalue weighted by Gasteiger charge is -2.21. The van der Waals surface area contributed by atoms with E-state index in [9.17, 15) is 4.79 Å². The van der Waals surface area contributed by atoms with Gasteiger partial charge in [-0.1, -0.05) is 26.0 Å². The fourth-order valence-electron chi connectivity index (χ4n) is 3.27. The lowest BCUT2D eigenvalue weighted by atomic mass is 9.99. The van der Waals surface area contributed by atoms with E-state index in [-0.39, 0.29) is 12.2 Å². The van der Waals surface area contributed by atoms with Crippen molar-refractivity contribution in [3.05, 3.63) is 52.3 Å². The quantitative estimate of drug-likeness (QED) is 0.564. The molecule has 6 nitrogen and oxygen atoms in total. The van der Waals surface area contributed by atoms with Gasteiger partial charge in [0.25, 0.3) is 5.56 Å². The van der Waals surface area contributed by atoms with Gasteiger partial charge in [-0.25, -0.2) is 5.10 Å². The SMILES string of the molecule is CC.CN(CCCO)Cc1ccc2c(c1)-c1n[nH]c(=O)c3cccc(c13)O2. The zero-order valence-corrected chi connectivity index (χ0v) is 16.0. The summed E-state index contributed by atoms with van der Waals surface area (Å²) in [5, 5.41) is 17.2. The number of fused-ring (bicyclic) bond motifs is 2. The predicted molar refractivity (Wildman–Crippen MR) is 107 cm³/mol. The molecule has 0 aliphatic carbocycles. The molecule has 0 amide bonds. The van der Waals surface area contributed by atoms with E-state index < -0.39 is 0 Å². The van der Waals surface area contributed by atoms with Crippen molar-refractivity contribution in [2.45, 2.75) is 26.8 Å². The second-order valence-corrected chi connectivity index (χ2v) is 6.33. The number of nitrogens with zero attached hydrogens (tertiary/aromatic N) is 2. The third-order valence-electron chi connectivity index (χ3n) is 4.45. The minimum Gasteiger partial charge on any atom is -0.456 e. The Hall–Kier alpha value is -2.70.